The smallest absolute Gasteiger partial charge is 0.282 e. The average molecular weight is 616 g/mol. The Morgan fingerprint density at radius 2 is 1.84 bits per heavy atom. The summed E-state index contributed by atoms with van der Waals surface area (Å²) in [7, 11) is 0. The molecule has 4 aromatic rings. The summed E-state index contributed by atoms with van der Waals surface area (Å²) in [6.45, 7) is 3.77. The van der Waals surface area contributed by atoms with E-state index < -0.39 is 0 Å². The fourth-order valence-electron chi connectivity index (χ4n) is 3.70. The van der Waals surface area contributed by atoms with Gasteiger partial charge >= 0.3 is 0 Å². The van der Waals surface area contributed by atoms with Gasteiger partial charge in [-0.25, -0.2) is 4.98 Å². The minimum atomic E-state index is -0.346. The Morgan fingerprint density at radius 1 is 1.13 bits per heavy atom. The number of carbonyl (C=O) groups is 1. The molecule has 1 N–H and O–H groups in total. The minimum absolute atomic E-state index is 0.183. The molecule has 0 unspecified atom stereocenters. The number of ether oxygens (including phenoxy) is 1. The first-order valence-corrected chi connectivity index (χ1v) is 13.5. The number of hydrogen-bond donors (Lipinski definition) is 1. The Balaban J connectivity index is 1.54. The normalized spacial score (nSPS) is 11.3. The highest BCUT2D eigenvalue weighted by Gasteiger charge is 2.14. The van der Waals surface area contributed by atoms with Gasteiger partial charge in [0, 0.05) is 16.6 Å². The Hall–Kier alpha value is -3.20. The lowest BCUT2D eigenvalue weighted by atomic mass is 10.2. The maximum atomic E-state index is 13.2. The van der Waals surface area contributed by atoms with Crippen LogP contribution in [-0.4, -0.2) is 28.4 Å². The van der Waals surface area contributed by atoms with E-state index in [-0.39, 0.29) is 33.9 Å². The van der Waals surface area contributed by atoms with Gasteiger partial charge in [0.2, 0.25) is 0 Å². The first kappa shape index (κ1) is 27.8. The summed E-state index contributed by atoms with van der Waals surface area (Å²) in [6.07, 6.45) is 3.92. The van der Waals surface area contributed by atoms with Gasteiger partial charge in [0.15, 0.2) is 12.4 Å². The Bertz CT molecular complexity index is 1550. The first-order valence-electron chi connectivity index (χ1n) is 12.0. The Kier molecular flexibility index (Phi) is 9.20. The Morgan fingerprint density at radius 3 is 2.53 bits per heavy atom. The average Bonchev–Trinajstić information content (AvgIpc) is 2.88. The fraction of sp³-hybridized carbons (Fsp3) is 0.214. The summed E-state index contributed by atoms with van der Waals surface area (Å²) in [6, 6.07) is 16.0. The van der Waals surface area contributed by atoms with Crippen molar-refractivity contribution in [1.29, 1.82) is 0 Å². The van der Waals surface area contributed by atoms with Crippen molar-refractivity contribution >= 4 is 67.8 Å². The molecule has 0 saturated heterocycles. The number of rotatable bonds is 9. The topological polar surface area (TPSA) is 85.6 Å². The fourth-order valence-corrected chi connectivity index (χ4v) is 4.67. The lowest BCUT2D eigenvalue weighted by Crippen LogP contribution is -2.22. The predicted molar refractivity (Wildman–Crippen MR) is 157 cm³/mol. The van der Waals surface area contributed by atoms with Gasteiger partial charge in [-0.05, 0) is 61.4 Å². The van der Waals surface area contributed by atoms with Crippen LogP contribution >= 0.6 is 39.1 Å². The molecule has 1 aromatic heterocycles. The minimum Gasteiger partial charge on any atom is -0.481 e. The van der Waals surface area contributed by atoms with Crippen LogP contribution < -0.4 is 15.6 Å². The molecule has 0 spiro atoms. The number of halogens is 3. The molecule has 0 aliphatic carbocycles. The van der Waals surface area contributed by atoms with Gasteiger partial charge in [-0.1, -0.05) is 70.2 Å². The van der Waals surface area contributed by atoms with E-state index in [1.807, 2.05) is 43.3 Å². The number of aromatic nitrogens is 2. The molecule has 7 nitrogen and oxygen atoms in total. The predicted octanol–water partition coefficient (Wildman–Crippen LogP) is 7.02. The monoisotopic (exact) mass is 614 g/mol. The van der Waals surface area contributed by atoms with Crippen molar-refractivity contribution in [3.8, 4) is 5.75 Å². The molecule has 0 aliphatic rings. The van der Waals surface area contributed by atoms with E-state index in [4.69, 9.17) is 27.9 Å². The zero-order valence-electron chi connectivity index (χ0n) is 20.8. The SMILES string of the molecule is CCCCc1nc2ccc(Br)cc2c(=O)n1N=Cc1cc(Cl)c(OCC(=O)Nc2ccc(C)cc2)c(Cl)c1. The van der Waals surface area contributed by atoms with E-state index >= 15 is 0 Å². The van der Waals surface area contributed by atoms with Crippen LogP contribution in [0, 0.1) is 6.92 Å². The number of nitrogens with one attached hydrogen (secondary N) is 1. The zero-order chi connectivity index (χ0) is 27.2. The molecule has 0 atom stereocenters. The molecule has 0 saturated carbocycles. The van der Waals surface area contributed by atoms with Crippen molar-refractivity contribution in [1.82, 2.24) is 9.66 Å². The standard InChI is InChI=1S/C28H25BrCl2N4O3/c1-3-4-5-25-34-24-11-8-19(29)14-21(24)28(37)35(25)32-15-18-12-22(30)27(23(31)13-18)38-16-26(36)33-20-9-6-17(2)7-10-20/h6-15H,3-5,16H2,1-2H3,(H,33,36). The van der Waals surface area contributed by atoms with Crippen LogP contribution in [0.25, 0.3) is 10.9 Å². The van der Waals surface area contributed by atoms with Gasteiger partial charge in [-0.2, -0.15) is 9.78 Å². The summed E-state index contributed by atoms with van der Waals surface area (Å²) in [4.78, 5) is 30.2. The van der Waals surface area contributed by atoms with Gasteiger partial charge < -0.3 is 10.1 Å². The van der Waals surface area contributed by atoms with E-state index in [2.05, 4.69) is 38.3 Å². The maximum Gasteiger partial charge on any atom is 0.282 e. The number of fused-ring (bicyclic) bond motifs is 1. The number of amides is 1. The summed E-state index contributed by atoms with van der Waals surface area (Å²) < 4.78 is 7.69. The molecule has 3 aromatic carbocycles. The van der Waals surface area contributed by atoms with Crippen LogP contribution in [0.3, 0.4) is 0 Å². The number of carbonyl (C=O) groups excluding carboxylic acids is 1. The summed E-state index contributed by atoms with van der Waals surface area (Å²) in [5, 5.41) is 8.06. The van der Waals surface area contributed by atoms with Crippen molar-refractivity contribution in [2.45, 2.75) is 33.1 Å². The number of benzene rings is 3. The van der Waals surface area contributed by atoms with Crippen molar-refractivity contribution in [2.75, 3.05) is 11.9 Å². The number of nitrogens with zero attached hydrogens (tertiary/aromatic N) is 3. The van der Waals surface area contributed by atoms with Gasteiger partial charge in [0.25, 0.3) is 11.5 Å². The van der Waals surface area contributed by atoms with Crippen LogP contribution in [0.15, 0.2) is 69.0 Å². The van der Waals surface area contributed by atoms with E-state index in [0.29, 0.717) is 34.4 Å². The van der Waals surface area contributed by atoms with Crippen molar-refractivity contribution in [3.63, 3.8) is 0 Å². The number of aryl methyl sites for hydroxylation is 2. The second kappa shape index (κ2) is 12.6. The van der Waals surface area contributed by atoms with Crippen LogP contribution in [-0.2, 0) is 11.2 Å². The molecule has 196 valence electrons. The van der Waals surface area contributed by atoms with Gasteiger partial charge in [0.1, 0.15) is 5.82 Å². The molecule has 0 bridgehead atoms. The van der Waals surface area contributed by atoms with E-state index in [1.54, 1.807) is 18.2 Å². The zero-order valence-corrected chi connectivity index (χ0v) is 23.9. The maximum absolute atomic E-state index is 13.2. The van der Waals surface area contributed by atoms with Gasteiger partial charge in [-0.3, -0.25) is 9.59 Å². The lowest BCUT2D eigenvalue weighted by Gasteiger charge is -2.12. The van der Waals surface area contributed by atoms with E-state index in [9.17, 15) is 9.59 Å². The molecule has 0 radical (unpaired) electrons. The van der Waals surface area contributed by atoms with Crippen LogP contribution in [0.4, 0.5) is 5.69 Å². The lowest BCUT2D eigenvalue weighted by molar-refractivity contribution is -0.118. The molecule has 1 heterocycles. The quantitative estimate of drug-likeness (QED) is 0.205. The molecule has 0 fully saturated rings. The van der Waals surface area contributed by atoms with Crippen molar-refractivity contribution in [2.24, 2.45) is 5.10 Å². The molecule has 1 amide bonds. The molecular weight excluding hydrogens is 591 g/mol. The largest absolute Gasteiger partial charge is 0.481 e. The first-order chi connectivity index (χ1) is 18.2. The molecule has 4 rings (SSSR count). The second-order valence-electron chi connectivity index (χ2n) is 8.67. The third-order valence-corrected chi connectivity index (χ3v) is 6.71. The molecule has 10 heteroatoms. The van der Waals surface area contributed by atoms with Crippen LogP contribution in [0.2, 0.25) is 10.0 Å². The summed E-state index contributed by atoms with van der Waals surface area (Å²) in [5.74, 6) is 0.406. The highest BCUT2D eigenvalue weighted by atomic mass is 79.9. The van der Waals surface area contributed by atoms with Crippen molar-refractivity contribution in [3.05, 3.63) is 96.4 Å². The number of hydrogen-bond acceptors (Lipinski definition) is 5. The van der Waals surface area contributed by atoms with Gasteiger partial charge in [0.05, 0.1) is 27.2 Å². The molecular formula is C28H25BrCl2N4O3. The van der Waals surface area contributed by atoms with Gasteiger partial charge in [-0.15, -0.1) is 0 Å². The molecule has 38 heavy (non-hydrogen) atoms. The van der Waals surface area contributed by atoms with E-state index in [1.165, 1.54) is 10.9 Å². The molecule has 0 aliphatic heterocycles. The third-order valence-electron chi connectivity index (χ3n) is 5.66. The summed E-state index contributed by atoms with van der Waals surface area (Å²) in [5.41, 5.74) is 2.66. The third kappa shape index (κ3) is 6.81. The second-order valence-corrected chi connectivity index (χ2v) is 10.4. The van der Waals surface area contributed by atoms with Crippen LogP contribution in [0.1, 0.15) is 36.7 Å². The van der Waals surface area contributed by atoms with E-state index in [0.717, 1.165) is 22.9 Å². The summed E-state index contributed by atoms with van der Waals surface area (Å²) >= 11 is 16.2. The Labute approximate surface area is 238 Å². The van der Waals surface area contributed by atoms with Crippen molar-refractivity contribution < 1.29 is 9.53 Å². The van der Waals surface area contributed by atoms with Crippen LogP contribution in [0.5, 0.6) is 5.75 Å². The number of anilines is 1. The highest BCUT2D eigenvalue weighted by Crippen LogP contribution is 2.34. The highest BCUT2D eigenvalue weighted by molar-refractivity contribution is 9.10. The number of unbranched alkanes of at least 4 members (excludes halogenated alkanes) is 1.